The van der Waals surface area contributed by atoms with Gasteiger partial charge in [0.1, 0.15) is 5.75 Å². The van der Waals surface area contributed by atoms with Gasteiger partial charge in [-0.2, -0.15) is 0 Å². The zero-order valence-electron chi connectivity index (χ0n) is 11.9. The van der Waals surface area contributed by atoms with Crippen molar-refractivity contribution in [3.05, 3.63) is 57.6 Å². The van der Waals surface area contributed by atoms with Gasteiger partial charge in [0.2, 0.25) is 0 Å². The summed E-state index contributed by atoms with van der Waals surface area (Å²) in [5.41, 5.74) is 0.761. The summed E-state index contributed by atoms with van der Waals surface area (Å²) in [4.78, 5) is 10.2. The molecule has 116 valence electrons. The highest BCUT2D eigenvalue weighted by molar-refractivity contribution is 7.92. The van der Waals surface area contributed by atoms with Gasteiger partial charge in [-0.3, -0.25) is 14.8 Å². The Kier molecular flexibility index (Phi) is 4.05. The smallest absolute Gasteiger partial charge is 0.276 e. The number of aromatic hydroxyl groups is 1. The molecule has 2 aromatic rings. The molecule has 0 aliphatic carbocycles. The Morgan fingerprint density at radius 2 is 1.73 bits per heavy atom. The molecule has 0 radical (unpaired) electrons. The van der Waals surface area contributed by atoms with E-state index in [1.54, 1.807) is 12.1 Å². The largest absolute Gasteiger partial charge is 0.505 e. The first kappa shape index (κ1) is 15.8. The van der Waals surface area contributed by atoms with Gasteiger partial charge in [-0.25, -0.2) is 8.42 Å². The Balaban J connectivity index is 2.40. The highest BCUT2D eigenvalue weighted by Crippen LogP contribution is 2.32. The van der Waals surface area contributed by atoms with Gasteiger partial charge in [-0.15, -0.1) is 0 Å². The van der Waals surface area contributed by atoms with E-state index in [1.165, 1.54) is 25.1 Å². The lowest BCUT2D eigenvalue weighted by Crippen LogP contribution is -2.13. The highest BCUT2D eigenvalue weighted by atomic mass is 32.2. The van der Waals surface area contributed by atoms with E-state index in [-0.39, 0.29) is 21.8 Å². The van der Waals surface area contributed by atoms with E-state index in [0.29, 0.717) is 0 Å². The van der Waals surface area contributed by atoms with Crippen LogP contribution in [0.2, 0.25) is 0 Å². The average Bonchev–Trinajstić information content (AvgIpc) is 2.42. The predicted molar refractivity (Wildman–Crippen MR) is 81.5 cm³/mol. The van der Waals surface area contributed by atoms with Crippen molar-refractivity contribution < 1.29 is 18.4 Å². The van der Waals surface area contributed by atoms with Crippen molar-refractivity contribution in [1.82, 2.24) is 0 Å². The first-order valence-corrected chi connectivity index (χ1v) is 7.76. The Hall–Kier alpha value is -2.61. The molecule has 2 rings (SSSR count). The van der Waals surface area contributed by atoms with Crippen LogP contribution in [-0.4, -0.2) is 18.4 Å². The van der Waals surface area contributed by atoms with Crippen LogP contribution in [0.15, 0.2) is 41.3 Å². The van der Waals surface area contributed by atoms with Crippen molar-refractivity contribution in [2.24, 2.45) is 0 Å². The maximum absolute atomic E-state index is 12.2. The van der Waals surface area contributed by atoms with Crippen molar-refractivity contribution in [1.29, 1.82) is 0 Å². The molecule has 0 aliphatic rings. The van der Waals surface area contributed by atoms with Gasteiger partial charge < -0.3 is 5.11 Å². The number of hydrogen-bond acceptors (Lipinski definition) is 5. The van der Waals surface area contributed by atoms with E-state index < -0.39 is 20.7 Å². The van der Waals surface area contributed by atoms with Crippen molar-refractivity contribution in [3.8, 4) is 5.75 Å². The minimum Gasteiger partial charge on any atom is -0.505 e. The van der Waals surface area contributed by atoms with E-state index in [1.807, 2.05) is 6.92 Å². The molecule has 0 fully saturated rings. The second-order valence-electron chi connectivity index (χ2n) is 4.83. The normalized spacial score (nSPS) is 11.2. The fourth-order valence-corrected chi connectivity index (χ4v) is 2.95. The predicted octanol–water partition coefficient (Wildman–Crippen LogP) is 2.72. The number of phenols is 1. The Morgan fingerprint density at radius 1 is 1.14 bits per heavy atom. The molecule has 0 saturated carbocycles. The first-order valence-electron chi connectivity index (χ1n) is 6.28. The van der Waals surface area contributed by atoms with Crippen LogP contribution in [0.25, 0.3) is 0 Å². The monoisotopic (exact) mass is 322 g/mol. The molecule has 8 heteroatoms. The summed E-state index contributed by atoms with van der Waals surface area (Å²) >= 11 is 0. The topological polar surface area (TPSA) is 110 Å². The maximum Gasteiger partial charge on any atom is 0.276 e. The number of sulfonamides is 1. The molecule has 0 spiro atoms. The van der Waals surface area contributed by atoms with Gasteiger partial charge in [-0.05, 0) is 32.0 Å². The number of nitro groups is 1. The van der Waals surface area contributed by atoms with E-state index >= 15 is 0 Å². The van der Waals surface area contributed by atoms with Crippen LogP contribution in [0.4, 0.5) is 11.4 Å². The maximum atomic E-state index is 12.2. The van der Waals surface area contributed by atoms with E-state index in [9.17, 15) is 23.6 Å². The zero-order valence-corrected chi connectivity index (χ0v) is 12.7. The standard InChI is InChI=1S/C14H14N2O5S/c1-9-3-5-11(6-4-9)22(20,21)15-12-7-10(2)13(16(18)19)8-14(12)17/h3-8,15,17H,1-2H3. The Labute approximate surface area is 127 Å². The lowest BCUT2D eigenvalue weighted by atomic mass is 10.1. The summed E-state index contributed by atoms with van der Waals surface area (Å²) in [5.74, 6) is -0.506. The van der Waals surface area contributed by atoms with E-state index in [2.05, 4.69) is 4.72 Å². The number of rotatable bonds is 4. The van der Waals surface area contributed by atoms with Crippen molar-refractivity contribution >= 4 is 21.4 Å². The summed E-state index contributed by atoms with van der Waals surface area (Å²) in [5, 5.41) is 20.6. The SMILES string of the molecule is Cc1ccc(S(=O)(=O)Nc2cc(C)c([N+](=O)[O-])cc2O)cc1. The summed E-state index contributed by atoms with van der Waals surface area (Å²) in [6.45, 7) is 3.29. The number of benzene rings is 2. The van der Waals surface area contributed by atoms with Crippen LogP contribution in [0.3, 0.4) is 0 Å². The lowest BCUT2D eigenvalue weighted by molar-refractivity contribution is -0.385. The van der Waals surface area contributed by atoms with Crippen LogP contribution in [-0.2, 0) is 10.0 Å². The van der Waals surface area contributed by atoms with Crippen LogP contribution < -0.4 is 4.72 Å². The van der Waals surface area contributed by atoms with Crippen LogP contribution in [0, 0.1) is 24.0 Å². The number of nitro benzene ring substituents is 1. The van der Waals surface area contributed by atoms with Gasteiger partial charge in [0, 0.05) is 5.56 Å². The van der Waals surface area contributed by atoms with Gasteiger partial charge in [-0.1, -0.05) is 17.7 Å². The molecule has 0 bridgehead atoms. The number of nitrogens with zero attached hydrogens (tertiary/aromatic N) is 1. The molecule has 0 aliphatic heterocycles. The fraction of sp³-hybridized carbons (Fsp3) is 0.143. The molecule has 22 heavy (non-hydrogen) atoms. The summed E-state index contributed by atoms with van der Waals surface area (Å²) < 4.78 is 26.7. The van der Waals surface area contributed by atoms with Crippen molar-refractivity contribution in [2.45, 2.75) is 18.7 Å². The summed E-state index contributed by atoms with van der Waals surface area (Å²) in [6, 6.07) is 8.31. The van der Waals surface area contributed by atoms with Gasteiger partial charge >= 0.3 is 0 Å². The van der Waals surface area contributed by atoms with Gasteiger partial charge in [0.25, 0.3) is 15.7 Å². The van der Waals surface area contributed by atoms with E-state index in [4.69, 9.17) is 0 Å². The molecule has 2 aromatic carbocycles. The number of phenolic OH excluding ortho intramolecular Hbond substituents is 1. The van der Waals surface area contributed by atoms with Crippen LogP contribution in [0.1, 0.15) is 11.1 Å². The number of nitrogens with one attached hydrogen (secondary N) is 1. The zero-order chi connectivity index (χ0) is 16.5. The number of aryl methyl sites for hydroxylation is 2. The third-order valence-electron chi connectivity index (χ3n) is 3.09. The quantitative estimate of drug-likeness (QED) is 0.511. The first-order chi connectivity index (χ1) is 10.2. The highest BCUT2D eigenvalue weighted by Gasteiger charge is 2.20. The molecular weight excluding hydrogens is 308 g/mol. The Morgan fingerprint density at radius 3 is 2.27 bits per heavy atom. The molecule has 0 unspecified atom stereocenters. The van der Waals surface area contributed by atoms with Gasteiger partial charge in [0.15, 0.2) is 0 Å². The van der Waals surface area contributed by atoms with E-state index in [0.717, 1.165) is 11.6 Å². The summed E-state index contributed by atoms with van der Waals surface area (Å²) in [7, 11) is -3.88. The minimum atomic E-state index is -3.88. The lowest BCUT2D eigenvalue weighted by Gasteiger charge is -2.11. The van der Waals surface area contributed by atoms with Crippen molar-refractivity contribution in [3.63, 3.8) is 0 Å². The van der Waals surface area contributed by atoms with Crippen LogP contribution in [0.5, 0.6) is 5.75 Å². The molecular formula is C14H14N2O5S. The second-order valence-corrected chi connectivity index (χ2v) is 6.51. The third-order valence-corrected chi connectivity index (χ3v) is 4.47. The molecule has 0 saturated heterocycles. The molecule has 0 heterocycles. The second kappa shape index (κ2) is 5.64. The molecule has 0 aromatic heterocycles. The molecule has 0 atom stereocenters. The average molecular weight is 322 g/mol. The Bertz CT molecular complexity index is 829. The summed E-state index contributed by atoms with van der Waals surface area (Å²) in [6.07, 6.45) is 0. The third kappa shape index (κ3) is 3.17. The van der Waals surface area contributed by atoms with Gasteiger partial charge in [0.05, 0.1) is 21.6 Å². The number of anilines is 1. The molecule has 7 nitrogen and oxygen atoms in total. The molecule has 0 amide bonds. The minimum absolute atomic E-state index is 0.0357. The fourth-order valence-electron chi connectivity index (χ4n) is 1.89. The van der Waals surface area contributed by atoms with Crippen molar-refractivity contribution in [2.75, 3.05) is 4.72 Å². The van der Waals surface area contributed by atoms with Crippen LogP contribution >= 0.6 is 0 Å². The number of hydrogen-bond donors (Lipinski definition) is 2. The molecule has 2 N–H and O–H groups in total.